The zero-order valence-electron chi connectivity index (χ0n) is 19.4. The van der Waals surface area contributed by atoms with Gasteiger partial charge in [-0.2, -0.15) is 5.10 Å². The molecule has 3 amide bonds. The van der Waals surface area contributed by atoms with Crippen molar-refractivity contribution in [2.75, 3.05) is 14.1 Å². The summed E-state index contributed by atoms with van der Waals surface area (Å²) in [5.41, 5.74) is 13.1. The van der Waals surface area contributed by atoms with E-state index < -0.39 is 17.7 Å². The van der Waals surface area contributed by atoms with Crippen LogP contribution in [0.3, 0.4) is 0 Å². The highest BCUT2D eigenvalue weighted by molar-refractivity contribution is 6.17. The van der Waals surface area contributed by atoms with Crippen LogP contribution in [-0.4, -0.2) is 51.5 Å². The van der Waals surface area contributed by atoms with E-state index in [1.165, 1.54) is 17.0 Å². The fourth-order valence-electron chi connectivity index (χ4n) is 4.01. The van der Waals surface area contributed by atoms with Gasteiger partial charge in [0, 0.05) is 36.3 Å². The number of fused-ring (bicyclic) bond motifs is 1. The van der Waals surface area contributed by atoms with E-state index in [1.807, 2.05) is 0 Å². The van der Waals surface area contributed by atoms with Gasteiger partial charge < -0.3 is 16.4 Å². The number of aromatic nitrogens is 3. The van der Waals surface area contributed by atoms with Gasteiger partial charge >= 0.3 is 0 Å². The SMILES string of the molecule is Cc1c(-c2c(C(N)=O)nc3ccccc3c2C(N)=O)c(C(=O)N(C)C)nn1Cc1ccc(F)cc1. The van der Waals surface area contributed by atoms with Crippen molar-refractivity contribution in [1.29, 1.82) is 0 Å². The van der Waals surface area contributed by atoms with Crippen molar-refractivity contribution in [3.63, 3.8) is 0 Å². The van der Waals surface area contributed by atoms with Gasteiger partial charge in [0.05, 0.1) is 17.6 Å². The molecule has 0 radical (unpaired) electrons. The Labute approximate surface area is 200 Å². The van der Waals surface area contributed by atoms with Crippen LogP contribution in [0.25, 0.3) is 22.0 Å². The molecule has 0 bridgehead atoms. The van der Waals surface area contributed by atoms with Crippen LogP contribution in [0.4, 0.5) is 4.39 Å². The van der Waals surface area contributed by atoms with Crippen LogP contribution >= 0.6 is 0 Å². The first kappa shape index (κ1) is 23.6. The van der Waals surface area contributed by atoms with E-state index >= 15 is 0 Å². The molecule has 0 spiro atoms. The number of hydrogen-bond donors (Lipinski definition) is 2. The third kappa shape index (κ3) is 4.21. The Morgan fingerprint density at radius 2 is 1.60 bits per heavy atom. The number of carbonyl (C=O) groups is 3. The Balaban J connectivity index is 2.08. The quantitative estimate of drug-likeness (QED) is 0.442. The molecule has 0 fully saturated rings. The molecule has 2 aromatic carbocycles. The number of halogens is 1. The molecular weight excluding hydrogens is 451 g/mol. The lowest BCUT2D eigenvalue weighted by Crippen LogP contribution is -2.24. The van der Waals surface area contributed by atoms with E-state index in [2.05, 4.69) is 10.1 Å². The van der Waals surface area contributed by atoms with Crippen LogP contribution in [-0.2, 0) is 6.54 Å². The number of nitrogens with zero attached hydrogens (tertiary/aromatic N) is 4. The first-order valence-corrected chi connectivity index (χ1v) is 10.7. The second-order valence-electron chi connectivity index (χ2n) is 8.25. The summed E-state index contributed by atoms with van der Waals surface area (Å²) < 4.78 is 14.9. The Morgan fingerprint density at radius 3 is 2.20 bits per heavy atom. The number of benzene rings is 2. The van der Waals surface area contributed by atoms with Gasteiger partial charge in [0.1, 0.15) is 11.5 Å². The van der Waals surface area contributed by atoms with Crippen molar-refractivity contribution in [1.82, 2.24) is 19.7 Å². The van der Waals surface area contributed by atoms with E-state index in [-0.39, 0.29) is 40.4 Å². The van der Waals surface area contributed by atoms with Gasteiger partial charge in [-0.3, -0.25) is 19.1 Å². The van der Waals surface area contributed by atoms with E-state index in [0.717, 1.165) is 5.56 Å². The van der Waals surface area contributed by atoms with Crippen LogP contribution < -0.4 is 11.5 Å². The van der Waals surface area contributed by atoms with E-state index in [1.54, 1.807) is 62.1 Å². The molecule has 2 aromatic heterocycles. The van der Waals surface area contributed by atoms with Crippen molar-refractivity contribution in [2.45, 2.75) is 13.5 Å². The maximum Gasteiger partial charge on any atom is 0.274 e. The van der Waals surface area contributed by atoms with Crippen LogP contribution in [0.2, 0.25) is 0 Å². The molecule has 0 unspecified atom stereocenters. The van der Waals surface area contributed by atoms with Gasteiger partial charge in [-0.25, -0.2) is 9.37 Å². The third-order valence-corrected chi connectivity index (χ3v) is 5.68. The number of rotatable bonds is 6. The first-order valence-electron chi connectivity index (χ1n) is 10.7. The fourth-order valence-corrected chi connectivity index (χ4v) is 4.01. The van der Waals surface area contributed by atoms with Crippen molar-refractivity contribution >= 4 is 28.6 Å². The summed E-state index contributed by atoms with van der Waals surface area (Å²) >= 11 is 0. The third-order valence-electron chi connectivity index (χ3n) is 5.68. The highest BCUT2D eigenvalue weighted by Crippen LogP contribution is 2.36. The Morgan fingerprint density at radius 1 is 0.943 bits per heavy atom. The van der Waals surface area contributed by atoms with Crippen LogP contribution in [0.15, 0.2) is 48.5 Å². The highest BCUT2D eigenvalue weighted by atomic mass is 19.1. The molecule has 0 saturated heterocycles. The average molecular weight is 474 g/mol. The molecule has 4 N–H and O–H groups in total. The highest BCUT2D eigenvalue weighted by Gasteiger charge is 2.31. The minimum absolute atomic E-state index is 0.00306. The molecule has 35 heavy (non-hydrogen) atoms. The number of carbonyl (C=O) groups excluding carboxylic acids is 3. The van der Waals surface area contributed by atoms with Gasteiger partial charge in [-0.15, -0.1) is 0 Å². The van der Waals surface area contributed by atoms with Gasteiger partial charge in [0.15, 0.2) is 5.69 Å². The molecule has 0 atom stereocenters. The average Bonchev–Trinajstić information content (AvgIpc) is 3.13. The molecule has 0 aliphatic carbocycles. The molecule has 10 heteroatoms. The Kier molecular flexibility index (Phi) is 6.04. The fraction of sp³-hybridized carbons (Fsp3) is 0.160. The number of nitrogens with two attached hydrogens (primary N) is 2. The lowest BCUT2D eigenvalue weighted by atomic mass is 9.92. The van der Waals surface area contributed by atoms with Gasteiger partial charge in [0.2, 0.25) is 5.91 Å². The minimum Gasteiger partial charge on any atom is -0.366 e. The summed E-state index contributed by atoms with van der Waals surface area (Å²) in [7, 11) is 3.12. The molecule has 9 nitrogen and oxygen atoms in total. The summed E-state index contributed by atoms with van der Waals surface area (Å²) in [5.74, 6) is -2.54. The van der Waals surface area contributed by atoms with E-state index in [0.29, 0.717) is 16.6 Å². The predicted molar refractivity (Wildman–Crippen MR) is 128 cm³/mol. The summed E-state index contributed by atoms with van der Waals surface area (Å²) in [4.78, 5) is 44.1. The van der Waals surface area contributed by atoms with Crippen molar-refractivity contribution in [3.05, 3.63) is 82.6 Å². The first-order chi connectivity index (χ1) is 16.6. The second-order valence-corrected chi connectivity index (χ2v) is 8.25. The Bertz CT molecular complexity index is 1490. The second kappa shape index (κ2) is 8.98. The van der Waals surface area contributed by atoms with Crippen LogP contribution in [0.5, 0.6) is 0 Å². The number of hydrogen-bond acceptors (Lipinski definition) is 5. The largest absolute Gasteiger partial charge is 0.366 e. The summed E-state index contributed by atoms with van der Waals surface area (Å²) in [5, 5.41) is 4.92. The zero-order valence-corrected chi connectivity index (χ0v) is 19.4. The zero-order chi connectivity index (χ0) is 25.4. The van der Waals surface area contributed by atoms with Gasteiger partial charge in [-0.05, 0) is 30.7 Å². The topological polar surface area (TPSA) is 137 Å². The lowest BCUT2D eigenvalue weighted by Gasteiger charge is -2.16. The van der Waals surface area contributed by atoms with E-state index in [4.69, 9.17) is 11.5 Å². The molecule has 4 rings (SSSR count). The van der Waals surface area contributed by atoms with Crippen molar-refractivity contribution in [2.24, 2.45) is 11.5 Å². The molecule has 178 valence electrons. The number of primary amides is 2. The van der Waals surface area contributed by atoms with E-state index in [9.17, 15) is 18.8 Å². The summed E-state index contributed by atoms with van der Waals surface area (Å²) in [6.45, 7) is 1.90. The molecule has 0 aliphatic rings. The predicted octanol–water partition coefficient (Wildman–Crippen LogP) is 2.49. The van der Waals surface area contributed by atoms with Crippen molar-refractivity contribution < 1.29 is 18.8 Å². The maximum absolute atomic E-state index is 13.4. The maximum atomic E-state index is 13.4. The molecule has 2 heterocycles. The molecule has 0 saturated carbocycles. The lowest BCUT2D eigenvalue weighted by molar-refractivity contribution is 0.0820. The number of para-hydroxylation sites is 1. The number of amides is 3. The normalized spacial score (nSPS) is 11.0. The molecule has 0 aliphatic heterocycles. The molecular formula is C25H23FN6O3. The standard InChI is InChI=1S/C25H23FN6O3/c1-13-18(20-19(23(27)33)16-6-4-5-7-17(16)29-21(20)24(28)34)22(25(35)31(2)3)30-32(13)12-14-8-10-15(26)11-9-14/h4-11H,12H2,1-3H3,(H2,27,33)(H2,28,34). The van der Waals surface area contributed by atoms with Crippen LogP contribution in [0, 0.1) is 12.7 Å². The van der Waals surface area contributed by atoms with Crippen LogP contribution in [0.1, 0.15) is 42.6 Å². The summed E-state index contributed by atoms with van der Waals surface area (Å²) in [6.07, 6.45) is 0. The summed E-state index contributed by atoms with van der Waals surface area (Å²) in [6, 6.07) is 12.6. The smallest absolute Gasteiger partial charge is 0.274 e. The van der Waals surface area contributed by atoms with Gasteiger partial charge in [-0.1, -0.05) is 30.3 Å². The minimum atomic E-state index is -0.887. The van der Waals surface area contributed by atoms with Crippen molar-refractivity contribution in [3.8, 4) is 11.1 Å². The van der Waals surface area contributed by atoms with Gasteiger partial charge in [0.25, 0.3) is 11.8 Å². The monoisotopic (exact) mass is 474 g/mol. The Hall–Kier alpha value is -4.60. The number of pyridine rings is 1. The molecule has 4 aromatic rings.